The number of rotatable bonds is 35. The van der Waals surface area contributed by atoms with Gasteiger partial charge in [0.2, 0.25) is 41.7 Å². The summed E-state index contributed by atoms with van der Waals surface area (Å²) in [5, 5.41) is 63.2. The number of carbonyl (C=O) groups excluding carboxylic acids is 9. The van der Waals surface area contributed by atoms with E-state index in [1.807, 2.05) is 19.9 Å². The van der Waals surface area contributed by atoms with Gasteiger partial charge in [0, 0.05) is 72.9 Å². The first-order valence-electron chi connectivity index (χ1n) is 32.1. The predicted octanol–water partition coefficient (Wildman–Crippen LogP) is 2.78. The summed E-state index contributed by atoms with van der Waals surface area (Å²) in [4.78, 5) is 138. The molecule has 522 valence electrons. The van der Waals surface area contributed by atoms with Gasteiger partial charge < -0.3 is 80.3 Å². The molecule has 3 aliphatic rings. The highest BCUT2D eigenvalue weighted by Gasteiger charge is 2.49. The molecule has 0 saturated carbocycles. The average Bonchev–Trinajstić information content (AvgIpc) is 1.24. The molecule has 15 atom stereocenters. The van der Waals surface area contributed by atoms with Crippen molar-refractivity contribution < 1.29 is 97.2 Å². The highest BCUT2D eigenvalue weighted by molar-refractivity contribution is 6.12. The second kappa shape index (κ2) is 36.3. The number of carboxylic acids is 1. The minimum atomic E-state index is -2.03. The lowest BCUT2D eigenvalue weighted by atomic mass is 9.89. The zero-order valence-electron chi connectivity index (χ0n) is 55.9. The molecule has 28 heteroatoms. The number of carbonyl (C=O) groups is 10. The Morgan fingerprint density at radius 2 is 1.45 bits per heavy atom. The molecule has 0 bridgehead atoms. The maximum Gasteiger partial charge on any atom is 0.410 e. The van der Waals surface area contributed by atoms with Crippen molar-refractivity contribution in [1.29, 1.82) is 0 Å². The standard InChI is InChI=1S/C66H98N8O20/c1-13-38(6)54(46(90-11)34-51(79)73-32-20-23-44(73)59(91-12)39(7)61(84)68-40(8)55(80)42-21-16-14-17-22-42)71(9)63(86)52(36(2)3)70-62(85)53(37(4)5)72(10)66(89)92-35-41-25-26-45(93-65-58(83)56(81)57(82)60(94-65)64(87)88)43(33-41)69-48(76)29-30-67-47(75)24-18-15-19-31-74-49(77)27-28-50(74)78/h14,16-17,21-22,25-28,33,36-40,44,46,52-60,65,80-83H,13,15,18-20,23-24,29-32,34-35H2,1-12H3,(H,67,75)(H,68,84)(H,69,76)(H,70,85)(H,87,88). The number of hydrogen-bond acceptors (Lipinski definition) is 19. The number of anilines is 1. The SMILES string of the molecule is CCC(C)C(C(CC(=O)N1CCCC1C(OC)C(C)C(=O)NC(C)C(O)c1ccccc1)OC)N(C)C(=O)C(NC(=O)C(C(C)C)N(C)C(=O)OCc1ccc(OC2OC(C(=O)O)C(O)C(O)C2O)c(NC(=O)CCNC(=O)CCCCCN2C(=O)C=CC2=O)c1)C(C)C. The van der Waals surface area contributed by atoms with Gasteiger partial charge in [0.25, 0.3) is 11.8 Å². The second-order valence-electron chi connectivity index (χ2n) is 25.1. The van der Waals surface area contributed by atoms with E-state index >= 15 is 0 Å². The van der Waals surface area contributed by atoms with E-state index in [0.717, 1.165) is 9.80 Å². The summed E-state index contributed by atoms with van der Waals surface area (Å²) in [5.41, 5.74) is 0.776. The van der Waals surface area contributed by atoms with Crippen LogP contribution in [0.15, 0.2) is 60.7 Å². The first-order chi connectivity index (χ1) is 44.5. The Morgan fingerprint density at radius 1 is 0.777 bits per heavy atom. The molecule has 2 fully saturated rings. The predicted molar refractivity (Wildman–Crippen MR) is 340 cm³/mol. The van der Waals surface area contributed by atoms with E-state index < -0.39 is 145 Å². The Morgan fingerprint density at radius 3 is 2.05 bits per heavy atom. The molecule has 0 spiro atoms. The number of aliphatic carboxylic acids is 1. The maximum absolute atomic E-state index is 14.9. The number of aliphatic hydroxyl groups is 4. The van der Waals surface area contributed by atoms with E-state index in [9.17, 15) is 73.5 Å². The number of aliphatic hydroxyl groups excluding tert-OH is 4. The van der Waals surface area contributed by atoms with Gasteiger partial charge in [-0.15, -0.1) is 0 Å². The number of imide groups is 1. The normalized spacial score (nSPS) is 21.7. The highest BCUT2D eigenvalue weighted by Crippen LogP contribution is 2.33. The van der Waals surface area contributed by atoms with Crippen molar-refractivity contribution in [1.82, 2.24) is 35.6 Å². The van der Waals surface area contributed by atoms with E-state index in [0.29, 0.717) is 50.6 Å². The van der Waals surface area contributed by atoms with Crippen LogP contribution in [0.5, 0.6) is 5.75 Å². The molecule has 3 aliphatic heterocycles. The third kappa shape index (κ3) is 20.5. The van der Waals surface area contributed by atoms with E-state index in [-0.39, 0.29) is 73.0 Å². The van der Waals surface area contributed by atoms with Crippen LogP contribution in [-0.2, 0) is 68.7 Å². The summed E-state index contributed by atoms with van der Waals surface area (Å²) in [6.45, 7) is 14.3. The number of nitrogens with one attached hydrogen (secondary N) is 4. The molecule has 2 aromatic carbocycles. The van der Waals surface area contributed by atoms with Crippen LogP contribution < -0.4 is 26.0 Å². The number of methoxy groups -OCH3 is 2. The number of benzene rings is 2. The van der Waals surface area contributed by atoms with Crippen molar-refractivity contribution in [2.45, 2.75) is 199 Å². The zero-order chi connectivity index (χ0) is 69.8. The molecule has 2 saturated heterocycles. The van der Waals surface area contributed by atoms with Crippen molar-refractivity contribution in [2.24, 2.45) is 23.7 Å². The van der Waals surface area contributed by atoms with Crippen LogP contribution in [0.25, 0.3) is 0 Å². The van der Waals surface area contributed by atoms with Gasteiger partial charge in [0.1, 0.15) is 42.8 Å². The maximum atomic E-state index is 14.9. The third-order valence-electron chi connectivity index (χ3n) is 17.7. The van der Waals surface area contributed by atoms with Gasteiger partial charge >= 0.3 is 12.1 Å². The number of likely N-dealkylation sites (N-methyl/N-ethyl adjacent to an activating group) is 2. The van der Waals surface area contributed by atoms with Gasteiger partial charge in [-0.1, -0.05) is 97.7 Å². The Labute approximate surface area is 549 Å². The highest BCUT2D eigenvalue weighted by atomic mass is 16.7. The first kappa shape index (κ1) is 77.1. The number of amides is 9. The van der Waals surface area contributed by atoms with Gasteiger partial charge in [-0.25, -0.2) is 9.59 Å². The van der Waals surface area contributed by atoms with Crippen molar-refractivity contribution in [2.75, 3.05) is 53.3 Å². The summed E-state index contributed by atoms with van der Waals surface area (Å²) >= 11 is 0. The lowest BCUT2D eigenvalue weighted by Gasteiger charge is -2.41. The zero-order valence-corrected chi connectivity index (χ0v) is 55.9. The van der Waals surface area contributed by atoms with Crippen LogP contribution in [0.4, 0.5) is 10.5 Å². The Bertz CT molecular complexity index is 2930. The quantitative estimate of drug-likeness (QED) is 0.0354. The van der Waals surface area contributed by atoms with E-state index in [4.69, 9.17) is 23.7 Å². The van der Waals surface area contributed by atoms with Gasteiger partial charge in [0.15, 0.2) is 6.10 Å². The summed E-state index contributed by atoms with van der Waals surface area (Å²) in [6.07, 6.45) is -7.98. The van der Waals surface area contributed by atoms with Crippen LogP contribution in [0.1, 0.15) is 130 Å². The van der Waals surface area contributed by atoms with Crippen molar-refractivity contribution in [3.05, 3.63) is 71.8 Å². The summed E-state index contributed by atoms with van der Waals surface area (Å²) < 4.78 is 28.8. The molecule has 0 radical (unpaired) electrons. The van der Waals surface area contributed by atoms with Crippen LogP contribution in [0.2, 0.25) is 0 Å². The van der Waals surface area contributed by atoms with Gasteiger partial charge in [-0.05, 0) is 73.6 Å². The van der Waals surface area contributed by atoms with Crippen molar-refractivity contribution in [3.8, 4) is 5.75 Å². The number of hydrogen-bond donors (Lipinski definition) is 9. The number of unbranched alkanes of at least 4 members (excludes halogenated alkanes) is 2. The van der Waals surface area contributed by atoms with Gasteiger partial charge in [0.05, 0.1) is 54.5 Å². The molecule has 3 heterocycles. The van der Waals surface area contributed by atoms with Crippen LogP contribution >= 0.6 is 0 Å². The number of carboxylic acid groups (broad SMARTS) is 1. The second-order valence-corrected chi connectivity index (χ2v) is 25.1. The number of ether oxygens (including phenoxy) is 5. The smallest absolute Gasteiger partial charge is 0.410 e. The molecule has 5 rings (SSSR count). The van der Waals surface area contributed by atoms with Gasteiger partial charge in [-0.3, -0.25) is 48.2 Å². The number of likely N-dealkylation sites (tertiary alicyclic amines) is 1. The molecule has 0 aliphatic carbocycles. The Hall–Kier alpha value is -7.60. The Balaban J connectivity index is 1.24. The molecule has 9 amide bonds. The fourth-order valence-corrected chi connectivity index (χ4v) is 12.1. The largest absolute Gasteiger partial charge is 0.479 e. The minimum Gasteiger partial charge on any atom is -0.479 e. The fraction of sp³-hybridized carbons (Fsp3) is 0.636. The molecule has 15 unspecified atom stereocenters. The van der Waals surface area contributed by atoms with Crippen LogP contribution in [0.3, 0.4) is 0 Å². The monoisotopic (exact) mass is 1320 g/mol. The summed E-state index contributed by atoms with van der Waals surface area (Å²) in [6, 6.07) is 8.91. The molecule has 0 aromatic heterocycles. The Kier molecular flexibility index (Phi) is 29.8. The van der Waals surface area contributed by atoms with E-state index in [1.54, 1.807) is 77.8 Å². The topological polar surface area (TPSA) is 379 Å². The third-order valence-corrected chi connectivity index (χ3v) is 17.7. The van der Waals surface area contributed by atoms with Gasteiger partial charge in [-0.2, -0.15) is 0 Å². The lowest BCUT2D eigenvalue weighted by molar-refractivity contribution is -0.271. The number of nitrogens with zero attached hydrogens (tertiary/aromatic N) is 4. The molecule has 9 N–H and O–H groups in total. The van der Waals surface area contributed by atoms with Crippen LogP contribution in [0, 0.1) is 23.7 Å². The molecular formula is C66H98N8O20. The lowest BCUT2D eigenvalue weighted by Crippen LogP contribution is -2.61. The van der Waals surface area contributed by atoms with Crippen LogP contribution in [-0.4, -0.2) is 226 Å². The van der Waals surface area contributed by atoms with Crippen molar-refractivity contribution >= 4 is 65.0 Å². The molecule has 28 nitrogen and oxygen atoms in total. The minimum absolute atomic E-state index is 0.102. The first-order valence-corrected chi connectivity index (χ1v) is 32.1. The molecule has 94 heavy (non-hydrogen) atoms. The van der Waals surface area contributed by atoms with Crippen molar-refractivity contribution in [3.63, 3.8) is 0 Å². The van der Waals surface area contributed by atoms with E-state index in [1.165, 1.54) is 56.5 Å². The van der Waals surface area contributed by atoms with E-state index in [2.05, 4.69) is 21.3 Å². The molecule has 2 aromatic rings. The summed E-state index contributed by atoms with van der Waals surface area (Å²) in [7, 11) is 5.92. The average molecular weight is 1320 g/mol. The molecular weight excluding hydrogens is 1220 g/mol. The fourth-order valence-electron chi connectivity index (χ4n) is 12.1. The summed E-state index contributed by atoms with van der Waals surface area (Å²) in [5.74, 6) is -7.41.